The maximum absolute atomic E-state index is 14.0. The van der Waals surface area contributed by atoms with E-state index in [1.165, 1.54) is 35.7 Å². The van der Waals surface area contributed by atoms with Gasteiger partial charge in [-0.2, -0.15) is 4.31 Å². The molecule has 4 rings (SSSR count). The van der Waals surface area contributed by atoms with Crippen molar-refractivity contribution >= 4 is 33.4 Å². The van der Waals surface area contributed by atoms with Gasteiger partial charge in [0.25, 0.3) is 0 Å². The number of sulfonamides is 1. The fraction of sp³-hybridized carbons (Fsp3) is 0.235. The SMILES string of the molecule is CCC(c1ccccc1)N(Cc1ccc(C(=O)C[C@@H](Cc2ccc(O)cc2)C(=O)OC)cc1)S(=O)(=O)c1ccc(Cl)cc1. The molecular weight excluding hydrogens is 586 g/mol. The first kappa shape index (κ1) is 31.9. The predicted molar refractivity (Wildman–Crippen MR) is 166 cm³/mol. The second-order valence-corrected chi connectivity index (χ2v) is 12.6. The number of ketones is 1. The van der Waals surface area contributed by atoms with Gasteiger partial charge in [0.1, 0.15) is 5.75 Å². The van der Waals surface area contributed by atoms with Crippen LogP contribution in [0.15, 0.2) is 108 Å². The third kappa shape index (κ3) is 8.10. The number of esters is 1. The number of carbonyl (C=O) groups excluding carboxylic acids is 2. The molecule has 0 saturated carbocycles. The highest BCUT2D eigenvalue weighted by Gasteiger charge is 2.32. The van der Waals surface area contributed by atoms with Crippen molar-refractivity contribution in [3.05, 3.63) is 130 Å². The summed E-state index contributed by atoms with van der Waals surface area (Å²) in [5.41, 5.74) is 2.78. The zero-order chi connectivity index (χ0) is 31.0. The number of Topliss-reactive ketones (excluding diaryl/α,β-unsaturated/α-hetero) is 1. The van der Waals surface area contributed by atoms with Gasteiger partial charge in [-0.1, -0.05) is 85.3 Å². The van der Waals surface area contributed by atoms with Crippen molar-refractivity contribution in [3.63, 3.8) is 0 Å². The minimum Gasteiger partial charge on any atom is -0.508 e. The van der Waals surface area contributed by atoms with Crippen molar-refractivity contribution < 1.29 is 27.9 Å². The van der Waals surface area contributed by atoms with E-state index in [0.29, 0.717) is 22.6 Å². The molecule has 2 atom stereocenters. The number of halogens is 1. The molecule has 0 aliphatic carbocycles. The summed E-state index contributed by atoms with van der Waals surface area (Å²) in [5, 5.41) is 9.99. The molecule has 9 heteroatoms. The number of methoxy groups -OCH3 is 1. The molecule has 224 valence electrons. The number of hydrogen-bond donors (Lipinski definition) is 1. The van der Waals surface area contributed by atoms with Crippen LogP contribution in [0.25, 0.3) is 0 Å². The normalized spacial score (nSPS) is 12.9. The van der Waals surface area contributed by atoms with Gasteiger partial charge in [-0.3, -0.25) is 9.59 Å². The molecule has 0 aliphatic heterocycles. The van der Waals surface area contributed by atoms with Crippen LogP contribution in [0.3, 0.4) is 0 Å². The van der Waals surface area contributed by atoms with Gasteiger partial charge >= 0.3 is 5.97 Å². The fourth-order valence-electron chi connectivity index (χ4n) is 5.03. The lowest BCUT2D eigenvalue weighted by Crippen LogP contribution is -2.34. The lowest BCUT2D eigenvalue weighted by atomic mass is 9.92. The highest BCUT2D eigenvalue weighted by molar-refractivity contribution is 7.89. The summed E-state index contributed by atoms with van der Waals surface area (Å²) in [5.74, 6) is -1.31. The third-order valence-electron chi connectivity index (χ3n) is 7.34. The standard InChI is InChI=1S/C34H34ClNO6S/c1-3-32(26-7-5-4-6-8-26)36(43(40,41)31-19-15-29(35)16-20-31)23-25-9-13-27(14-10-25)33(38)22-28(34(39)42-2)21-24-11-17-30(37)18-12-24/h4-20,28,32,37H,3,21-23H2,1-2H3/t28-,32?/m1/s1. The molecule has 0 aromatic heterocycles. The van der Waals surface area contributed by atoms with Crippen LogP contribution in [0.1, 0.15) is 52.9 Å². The van der Waals surface area contributed by atoms with Gasteiger partial charge in [0.2, 0.25) is 10.0 Å². The molecule has 0 saturated heterocycles. The van der Waals surface area contributed by atoms with Gasteiger partial charge in [-0.15, -0.1) is 0 Å². The Labute approximate surface area is 257 Å². The summed E-state index contributed by atoms with van der Waals surface area (Å²) < 4.78 is 34.3. The zero-order valence-electron chi connectivity index (χ0n) is 24.0. The molecule has 1 unspecified atom stereocenters. The second kappa shape index (κ2) is 14.5. The number of aromatic hydroxyl groups is 1. The Kier molecular flexibility index (Phi) is 10.7. The highest BCUT2D eigenvalue weighted by atomic mass is 35.5. The minimum absolute atomic E-state index is 0.0596. The number of hydrogen-bond acceptors (Lipinski definition) is 6. The Balaban J connectivity index is 1.57. The largest absolute Gasteiger partial charge is 0.508 e. The molecular formula is C34H34ClNO6S. The van der Waals surface area contributed by atoms with E-state index in [-0.39, 0.29) is 35.8 Å². The molecule has 0 bridgehead atoms. The van der Waals surface area contributed by atoms with Crippen LogP contribution in [0, 0.1) is 5.92 Å². The minimum atomic E-state index is -3.92. The van der Waals surface area contributed by atoms with Crippen LogP contribution in [0.2, 0.25) is 5.02 Å². The van der Waals surface area contributed by atoms with E-state index in [1.54, 1.807) is 48.5 Å². The number of ether oxygens (including phenoxy) is 1. The van der Waals surface area contributed by atoms with Gasteiger partial charge < -0.3 is 9.84 Å². The number of phenolic OH excluding ortho intramolecular Hbond substituents is 1. The van der Waals surface area contributed by atoms with Gasteiger partial charge in [0.05, 0.1) is 24.0 Å². The molecule has 4 aromatic rings. The molecule has 7 nitrogen and oxygen atoms in total. The molecule has 0 radical (unpaired) electrons. The van der Waals surface area contributed by atoms with Crippen LogP contribution in [0.5, 0.6) is 5.75 Å². The van der Waals surface area contributed by atoms with E-state index in [9.17, 15) is 23.1 Å². The van der Waals surface area contributed by atoms with Gasteiger partial charge in [0.15, 0.2) is 5.78 Å². The molecule has 4 aromatic carbocycles. The van der Waals surface area contributed by atoms with Crippen molar-refractivity contribution in [2.45, 2.75) is 43.7 Å². The molecule has 0 amide bonds. The second-order valence-electron chi connectivity index (χ2n) is 10.3. The van der Waals surface area contributed by atoms with Gasteiger partial charge in [0, 0.05) is 23.6 Å². The highest BCUT2D eigenvalue weighted by Crippen LogP contribution is 2.32. The Morgan fingerprint density at radius 1 is 0.860 bits per heavy atom. The number of carbonyl (C=O) groups is 2. The van der Waals surface area contributed by atoms with E-state index in [0.717, 1.165) is 11.1 Å². The lowest BCUT2D eigenvalue weighted by Gasteiger charge is -2.31. The first-order valence-electron chi connectivity index (χ1n) is 13.9. The quantitative estimate of drug-likeness (QED) is 0.128. The van der Waals surface area contributed by atoms with Crippen molar-refractivity contribution in [2.24, 2.45) is 5.92 Å². The van der Waals surface area contributed by atoms with E-state index >= 15 is 0 Å². The van der Waals surface area contributed by atoms with E-state index < -0.39 is 28.0 Å². The number of nitrogens with zero attached hydrogens (tertiary/aromatic N) is 1. The average Bonchev–Trinajstić information content (AvgIpc) is 3.02. The smallest absolute Gasteiger partial charge is 0.309 e. The Morgan fingerprint density at radius 3 is 2.05 bits per heavy atom. The molecule has 0 spiro atoms. The topological polar surface area (TPSA) is 101 Å². The predicted octanol–water partition coefficient (Wildman–Crippen LogP) is 6.99. The van der Waals surface area contributed by atoms with Crippen LogP contribution in [-0.4, -0.2) is 36.7 Å². The lowest BCUT2D eigenvalue weighted by molar-refractivity contribution is -0.145. The van der Waals surface area contributed by atoms with E-state index in [1.807, 2.05) is 37.3 Å². The first-order chi connectivity index (χ1) is 20.6. The fourth-order valence-corrected chi connectivity index (χ4v) is 6.83. The zero-order valence-corrected chi connectivity index (χ0v) is 25.6. The maximum Gasteiger partial charge on any atom is 0.309 e. The van der Waals surface area contributed by atoms with E-state index in [2.05, 4.69) is 0 Å². The Hall–Kier alpha value is -3.98. The molecule has 0 aliphatic rings. The average molecular weight is 620 g/mol. The molecule has 0 heterocycles. The van der Waals surface area contributed by atoms with E-state index in [4.69, 9.17) is 16.3 Å². The van der Waals surface area contributed by atoms with Gasteiger partial charge in [-0.25, -0.2) is 8.42 Å². The summed E-state index contributed by atoms with van der Waals surface area (Å²) in [7, 11) is -2.64. The van der Waals surface area contributed by atoms with Crippen LogP contribution in [-0.2, 0) is 32.5 Å². The van der Waals surface area contributed by atoms with Crippen LogP contribution >= 0.6 is 11.6 Å². The Morgan fingerprint density at radius 2 is 1.47 bits per heavy atom. The van der Waals surface area contributed by atoms with Crippen molar-refractivity contribution in [2.75, 3.05) is 7.11 Å². The summed E-state index contributed by atoms with van der Waals surface area (Å²) in [4.78, 5) is 25.8. The maximum atomic E-state index is 14.0. The Bertz CT molecular complexity index is 1620. The van der Waals surface area contributed by atoms with Crippen molar-refractivity contribution in [3.8, 4) is 5.75 Å². The first-order valence-corrected chi connectivity index (χ1v) is 15.7. The number of benzene rings is 4. The molecule has 0 fully saturated rings. The monoisotopic (exact) mass is 619 g/mol. The molecule has 1 N–H and O–H groups in total. The van der Waals surface area contributed by atoms with Crippen LogP contribution < -0.4 is 0 Å². The summed E-state index contributed by atoms with van der Waals surface area (Å²) in [6, 6.07) is 28.4. The van der Waals surface area contributed by atoms with Crippen LogP contribution in [0.4, 0.5) is 0 Å². The summed E-state index contributed by atoms with van der Waals surface area (Å²) in [6.07, 6.45) is 0.769. The van der Waals surface area contributed by atoms with Crippen molar-refractivity contribution in [1.29, 1.82) is 0 Å². The van der Waals surface area contributed by atoms with Gasteiger partial charge in [-0.05, 0) is 65.9 Å². The summed E-state index contributed by atoms with van der Waals surface area (Å²) >= 11 is 6.03. The number of phenols is 1. The third-order valence-corrected chi connectivity index (χ3v) is 9.46. The number of rotatable bonds is 13. The van der Waals surface area contributed by atoms with Crippen molar-refractivity contribution in [1.82, 2.24) is 4.31 Å². The summed E-state index contributed by atoms with van der Waals surface area (Å²) in [6.45, 7) is 2.03. The molecule has 43 heavy (non-hydrogen) atoms.